The van der Waals surface area contributed by atoms with E-state index in [2.05, 4.69) is 5.32 Å². The minimum absolute atomic E-state index is 0.0649. The summed E-state index contributed by atoms with van der Waals surface area (Å²) < 4.78 is 57.3. The first-order valence-corrected chi connectivity index (χ1v) is 14.3. The largest absolute Gasteiger partial charge is 0.495 e. The molecule has 2 rings (SSSR count). The summed E-state index contributed by atoms with van der Waals surface area (Å²) in [6, 6.07) is 10.6. The molecule has 2 aromatic carbocycles. The summed E-state index contributed by atoms with van der Waals surface area (Å²) in [6.45, 7) is 4.35. The number of carbonyl (C=O) groups is 1. The van der Waals surface area contributed by atoms with Crippen LogP contribution in [0.5, 0.6) is 5.75 Å². The fourth-order valence-electron chi connectivity index (χ4n) is 3.33. The number of hydrogen-bond acceptors (Lipinski definition) is 6. The number of ether oxygens (including phenoxy) is 1. The van der Waals surface area contributed by atoms with Gasteiger partial charge in [0.25, 0.3) is 0 Å². The third kappa shape index (κ3) is 7.08. The molecular formula is C22H30ClN3O6S2. The SMILES string of the molecule is CCN(CC)S(=O)(=O)c1ccc(NC(=O)CCCN(c2ccc(OC)c(Cl)c2)S(C)(=O)=O)cc1. The Balaban J connectivity index is 2.00. The van der Waals surface area contributed by atoms with Crippen molar-refractivity contribution in [1.82, 2.24) is 4.31 Å². The van der Waals surface area contributed by atoms with Gasteiger partial charge in [0.2, 0.25) is 26.0 Å². The van der Waals surface area contributed by atoms with Gasteiger partial charge in [-0.1, -0.05) is 25.4 Å². The van der Waals surface area contributed by atoms with Gasteiger partial charge >= 0.3 is 0 Å². The van der Waals surface area contributed by atoms with Crippen molar-refractivity contribution in [3.05, 3.63) is 47.5 Å². The number of carbonyl (C=O) groups excluding carboxylic acids is 1. The van der Waals surface area contributed by atoms with Crippen molar-refractivity contribution < 1.29 is 26.4 Å². The predicted octanol–water partition coefficient (Wildman–Crippen LogP) is 3.56. The first-order valence-electron chi connectivity index (χ1n) is 10.6. The van der Waals surface area contributed by atoms with Crippen molar-refractivity contribution in [3.8, 4) is 5.75 Å². The van der Waals surface area contributed by atoms with E-state index in [1.165, 1.54) is 46.1 Å². The molecule has 0 aromatic heterocycles. The first-order chi connectivity index (χ1) is 15.9. The molecule has 0 unspecified atom stereocenters. The Kier molecular flexibility index (Phi) is 9.74. The lowest BCUT2D eigenvalue weighted by atomic mass is 10.2. The number of rotatable bonds is 12. The summed E-state index contributed by atoms with van der Waals surface area (Å²) in [5.41, 5.74) is 0.823. The highest BCUT2D eigenvalue weighted by atomic mass is 35.5. The molecule has 9 nitrogen and oxygen atoms in total. The van der Waals surface area contributed by atoms with E-state index in [1.807, 2.05) is 0 Å². The zero-order chi connectivity index (χ0) is 25.5. The lowest BCUT2D eigenvalue weighted by Crippen LogP contribution is -2.31. The van der Waals surface area contributed by atoms with Crippen LogP contribution in [0.3, 0.4) is 0 Å². The molecule has 1 N–H and O–H groups in total. The molecule has 0 radical (unpaired) electrons. The Labute approximate surface area is 206 Å². The molecule has 188 valence electrons. The third-order valence-electron chi connectivity index (χ3n) is 5.07. The second-order valence-corrected chi connectivity index (χ2v) is 11.7. The van der Waals surface area contributed by atoms with Crippen LogP contribution >= 0.6 is 11.6 Å². The summed E-state index contributed by atoms with van der Waals surface area (Å²) in [4.78, 5) is 12.5. The minimum Gasteiger partial charge on any atom is -0.495 e. The second kappa shape index (κ2) is 11.9. The van der Waals surface area contributed by atoms with Gasteiger partial charge in [-0.2, -0.15) is 4.31 Å². The van der Waals surface area contributed by atoms with Crippen LogP contribution in [0.15, 0.2) is 47.4 Å². The van der Waals surface area contributed by atoms with E-state index < -0.39 is 20.0 Å². The fraction of sp³-hybridized carbons (Fsp3) is 0.409. The van der Waals surface area contributed by atoms with Crippen LogP contribution in [0.4, 0.5) is 11.4 Å². The van der Waals surface area contributed by atoms with Gasteiger partial charge in [-0.25, -0.2) is 16.8 Å². The average molecular weight is 532 g/mol. The van der Waals surface area contributed by atoms with Crippen LogP contribution in [0.1, 0.15) is 26.7 Å². The smallest absolute Gasteiger partial charge is 0.243 e. The lowest BCUT2D eigenvalue weighted by molar-refractivity contribution is -0.116. The van der Waals surface area contributed by atoms with Crippen molar-refractivity contribution in [1.29, 1.82) is 0 Å². The van der Waals surface area contributed by atoms with E-state index in [0.717, 1.165) is 6.26 Å². The zero-order valence-electron chi connectivity index (χ0n) is 19.6. The Morgan fingerprint density at radius 3 is 2.15 bits per heavy atom. The third-order valence-corrected chi connectivity index (χ3v) is 8.62. The monoisotopic (exact) mass is 531 g/mol. The Bertz CT molecular complexity index is 1200. The van der Waals surface area contributed by atoms with Crippen molar-refractivity contribution >= 4 is 48.9 Å². The standard InChI is InChI=1S/C22H30ClN3O6S2/c1-5-25(6-2)34(30,31)19-12-9-17(10-13-19)24-22(27)8-7-15-26(33(4,28)29)18-11-14-21(32-3)20(23)16-18/h9-14,16H,5-8,15H2,1-4H3,(H,24,27). The van der Waals surface area contributed by atoms with E-state index in [9.17, 15) is 21.6 Å². The molecule has 0 aliphatic heterocycles. The molecule has 0 spiro atoms. The second-order valence-electron chi connectivity index (χ2n) is 7.42. The molecule has 0 heterocycles. The number of sulfonamides is 2. The van der Waals surface area contributed by atoms with Crippen LogP contribution in [0.25, 0.3) is 0 Å². The molecule has 0 saturated carbocycles. The topological polar surface area (TPSA) is 113 Å². The van der Waals surface area contributed by atoms with Gasteiger partial charge in [0.15, 0.2) is 0 Å². The molecular weight excluding hydrogens is 502 g/mol. The van der Waals surface area contributed by atoms with Crippen molar-refractivity contribution in [3.63, 3.8) is 0 Å². The van der Waals surface area contributed by atoms with Gasteiger partial charge in [-0.05, 0) is 48.9 Å². The highest BCUT2D eigenvalue weighted by Gasteiger charge is 2.22. The van der Waals surface area contributed by atoms with Crippen LogP contribution in [-0.4, -0.2) is 60.0 Å². The van der Waals surface area contributed by atoms with Gasteiger partial charge in [0, 0.05) is 31.7 Å². The number of nitrogens with zero attached hydrogens (tertiary/aromatic N) is 2. The van der Waals surface area contributed by atoms with Crippen LogP contribution in [0, 0.1) is 0 Å². The van der Waals surface area contributed by atoms with Gasteiger partial charge in [-0.3, -0.25) is 9.10 Å². The lowest BCUT2D eigenvalue weighted by Gasteiger charge is -2.23. The molecule has 0 saturated heterocycles. The van der Waals surface area contributed by atoms with E-state index in [4.69, 9.17) is 16.3 Å². The molecule has 12 heteroatoms. The molecule has 0 atom stereocenters. The number of hydrogen-bond donors (Lipinski definition) is 1. The van der Waals surface area contributed by atoms with Gasteiger partial charge in [-0.15, -0.1) is 0 Å². The number of anilines is 2. The summed E-state index contributed by atoms with van der Waals surface area (Å²) in [5, 5.41) is 2.98. The molecule has 0 aliphatic carbocycles. The minimum atomic E-state index is -3.60. The number of amides is 1. The van der Waals surface area contributed by atoms with E-state index >= 15 is 0 Å². The van der Waals surface area contributed by atoms with Crippen LogP contribution in [-0.2, 0) is 24.8 Å². The van der Waals surface area contributed by atoms with Crippen LogP contribution in [0.2, 0.25) is 5.02 Å². The highest BCUT2D eigenvalue weighted by molar-refractivity contribution is 7.92. The number of benzene rings is 2. The molecule has 0 fully saturated rings. The quantitative estimate of drug-likeness (QED) is 0.448. The van der Waals surface area contributed by atoms with E-state index in [1.54, 1.807) is 26.0 Å². The zero-order valence-corrected chi connectivity index (χ0v) is 22.0. The number of halogens is 1. The van der Waals surface area contributed by atoms with Crippen LogP contribution < -0.4 is 14.4 Å². The normalized spacial score (nSPS) is 11.9. The summed E-state index contributed by atoms with van der Waals surface area (Å²) >= 11 is 6.12. The van der Waals surface area contributed by atoms with Crippen molar-refractivity contribution in [2.24, 2.45) is 0 Å². The van der Waals surface area contributed by atoms with Crippen molar-refractivity contribution in [2.45, 2.75) is 31.6 Å². The van der Waals surface area contributed by atoms with Gasteiger partial charge < -0.3 is 10.1 Å². The van der Waals surface area contributed by atoms with E-state index in [0.29, 0.717) is 30.2 Å². The average Bonchev–Trinajstić information content (AvgIpc) is 2.77. The fourth-order valence-corrected chi connectivity index (χ4v) is 5.99. The molecule has 1 amide bonds. The maximum Gasteiger partial charge on any atom is 0.243 e. The summed E-state index contributed by atoms with van der Waals surface area (Å²) in [6.07, 6.45) is 1.41. The molecule has 0 bridgehead atoms. The summed E-state index contributed by atoms with van der Waals surface area (Å²) in [5.74, 6) is 0.106. The molecule has 34 heavy (non-hydrogen) atoms. The number of methoxy groups -OCH3 is 1. The highest BCUT2D eigenvalue weighted by Crippen LogP contribution is 2.30. The number of nitrogens with one attached hydrogen (secondary N) is 1. The van der Waals surface area contributed by atoms with Gasteiger partial charge in [0.05, 0.1) is 29.0 Å². The maximum absolute atomic E-state index is 12.6. The van der Waals surface area contributed by atoms with Gasteiger partial charge in [0.1, 0.15) is 5.75 Å². The summed E-state index contributed by atoms with van der Waals surface area (Å²) in [7, 11) is -5.71. The Hall–Kier alpha value is -2.34. The predicted molar refractivity (Wildman–Crippen MR) is 135 cm³/mol. The maximum atomic E-state index is 12.6. The first kappa shape index (κ1) is 27.9. The Morgan fingerprint density at radius 1 is 1.03 bits per heavy atom. The Morgan fingerprint density at radius 2 is 1.65 bits per heavy atom. The van der Waals surface area contributed by atoms with Crippen molar-refractivity contribution in [2.75, 3.05) is 42.6 Å². The molecule has 2 aromatic rings. The van der Waals surface area contributed by atoms with E-state index in [-0.39, 0.29) is 35.2 Å². The molecule has 0 aliphatic rings.